The van der Waals surface area contributed by atoms with Crippen LogP contribution in [0.15, 0.2) is 48.7 Å². The summed E-state index contributed by atoms with van der Waals surface area (Å²) in [7, 11) is 0. The molecule has 0 spiro atoms. The lowest BCUT2D eigenvalue weighted by molar-refractivity contribution is 0.218. The van der Waals surface area contributed by atoms with E-state index < -0.39 is 11.9 Å². The summed E-state index contributed by atoms with van der Waals surface area (Å²) in [5.74, 6) is -0.325. The van der Waals surface area contributed by atoms with Gasteiger partial charge in [0.1, 0.15) is 11.9 Å². The van der Waals surface area contributed by atoms with Crippen LogP contribution in [-0.2, 0) is 0 Å². The molecule has 3 aromatic rings. The zero-order chi connectivity index (χ0) is 18.0. The van der Waals surface area contributed by atoms with Gasteiger partial charge in [-0.05, 0) is 19.1 Å². The first kappa shape index (κ1) is 17.5. The number of ether oxygens (including phenoxy) is 1. The van der Waals surface area contributed by atoms with Gasteiger partial charge in [-0.1, -0.05) is 53.5 Å². The summed E-state index contributed by atoms with van der Waals surface area (Å²) in [5, 5.41) is 0.204. The van der Waals surface area contributed by atoms with Gasteiger partial charge < -0.3 is 10.5 Å². The van der Waals surface area contributed by atoms with Crippen LogP contribution < -0.4 is 10.5 Å². The third-order valence-electron chi connectivity index (χ3n) is 3.61. The largest absolute Gasteiger partial charge is 0.467 e. The zero-order valence-corrected chi connectivity index (χ0v) is 14.7. The second kappa shape index (κ2) is 7.25. The number of benzene rings is 2. The summed E-state index contributed by atoms with van der Waals surface area (Å²) in [6.07, 6.45) is 0.892. The second-order valence-corrected chi connectivity index (χ2v) is 6.11. The molecule has 1 atom stereocenters. The average molecular weight is 378 g/mol. The smallest absolute Gasteiger partial charge is 0.258 e. The molecule has 25 heavy (non-hydrogen) atoms. The highest BCUT2D eigenvalue weighted by atomic mass is 35.5. The Balaban J connectivity index is 1.94. The number of hydrogen-bond acceptors (Lipinski definition) is 4. The molecule has 7 heteroatoms. The summed E-state index contributed by atoms with van der Waals surface area (Å²) in [5.41, 5.74) is 7.66. The van der Waals surface area contributed by atoms with Crippen LogP contribution in [0.2, 0.25) is 10.0 Å². The second-order valence-electron chi connectivity index (χ2n) is 5.33. The van der Waals surface area contributed by atoms with E-state index in [1.54, 1.807) is 13.1 Å². The molecule has 128 valence electrons. The number of anilines is 1. The topological polar surface area (TPSA) is 61.0 Å². The maximum absolute atomic E-state index is 13.7. The number of rotatable bonds is 4. The van der Waals surface area contributed by atoms with Crippen molar-refractivity contribution in [2.45, 2.75) is 13.0 Å². The van der Waals surface area contributed by atoms with Crippen molar-refractivity contribution in [3.05, 3.63) is 70.1 Å². The third kappa shape index (κ3) is 3.67. The molecule has 0 aliphatic carbocycles. The van der Waals surface area contributed by atoms with Crippen LogP contribution in [-0.4, -0.2) is 9.97 Å². The van der Waals surface area contributed by atoms with E-state index in [9.17, 15) is 4.39 Å². The van der Waals surface area contributed by atoms with E-state index in [1.807, 2.05) is 30.3 Å². The predicted octanol–water partition coefficient (Wildman–Crippen LogP) is 5.31. The van der Waals surface area contributed by atoms with Crippen LogP contribution in [0.4, 0.5) is 10.2 Å². The molecule has 3 rings (SSSR count). The van der Waals surface area contributed by atoms with Crippen LogP contribution >= 0.6 is 23.2 Å². The number of nitrogens with zero attached hydrogens (tertiary/aromatic N) is 2. The molecule has 0 aliphatic heterocycles. The summed E-state index contributed by atoms with van der Waals surface area (Å²) >= 11 is 12.2. The summed E-state index contributed by atoms with van der Waals surface area (Å²) in [6.45, 7) is 1.68. The Kier molecular flexibility index (Phi) is 5.06. The highest BCUT2D eigenvalue weighted by Crippen LogP contribution is 2.35. The lowest BCUT2D eigenvalue weighted by Crippen LogP contribution is -2.09. The fourth-order valence-electron chi connectivity index (χ4n) is 2.36. The SMILES string of the molecule is C[C@@H](Oc1nc(-c2ccccc2)cnc1N)c1c(Cl)ccc(F)c1Cl. The van der Waals surface area contributed by atoms with E-state index in [-0.39, 0.29) is 16.7 Å². The first-order chi connectivity index (χ1) is 12.0. The Morgan fingerprint density at radius 3 is 2.56 bits per heavy atom. The van der Waals surface area contributed by atoms with Crippen molar-refractivity contribution in [3.8, 4) is 17.1 Å². The Bertz CT molecular complexity index is 906. The Morgan fingerprint density at radius 2 is 1.84 bits per heavy atom. The van der Waals surface area contributed by atoms with E-state index in [0.29, 0.717) is 16.3 Å². The first-order valence-electron chi connectivity index (χ1n) is 7.45. The molecule has 1 heterocycles. The number of hydrogen-bond donors (Lipinski definition) is 1. The predicted molar refractivity (Wildman–Crippen MR) is 97.3 cm³/mol. The van der Waals surface area contributed by atoms with Gasteiger partial charge in [-0.25, -0.2) is 14.4 Å². The van der Waals surface area contributed by atoms with Crippen molar-refractivity contribution >= 4 is 29.0 Å². The van der Waals surface area contributed by atoms with Gasteiger partial charge in [0.05, 0.1) is 16.9 Å². The molecular weight excluding hydrogens is 364 g/mol. The monoisotopic (exact) mass is 377 g/mol. The molecule has 2 N–H and O–H groups in total. The molecule has 0 aliphatic rings. The molecule has 1 aromatic heterocycles. The minimum absolute atomic E-state index is 0.0919. The van der Waals surface area contributed by atoms with Crippen molar-refractivity contribution in [3.63, 3.8) is 0 Å². The van der Waals surface area contributed by atoms with Crippen LogP contribution in [0.1, 0.15) is 18.6 Å². The van der Waals surface area contributed by atoms with Crippen molar-refractivity contribution in [1.82, 2.24) is 9.97 Å². The lowest BCUT2D eigenvalue weighted by Gasteiger charge is -2.18. The molecule has 0 unspecified atom stereocenters. The van der Waals surface area contributed by atoms with Crippen molar-refractivity contribution in [1.29, 1.82) is 0 Å². The van der Waals surface area contributed by atoms with Gasteiger partial charge in [-0.15, -0.1) is 0 Å². The average Bonchev–Trinajstić information content (AvgIpc) is 2.61. The molecular formula is C18H14Cl2FN3O. The van der Waals surface area contributed by atoms with Crippen LogP contribution in [0.3, 0.4) is 0 Å². The number of halogens is 3. The third-order valence-corrected chi connectivity index (χ3v) is 4.32. The van der Waals surface area contributed by atoms with Gasteiger partial charge in [0.15, 0.2) is 5.82 Å². The van der Waals surface area contributed by atoms with E-state index in [0.717, 1.165) is 5.56 Å². The van der Waals surface area contributed by atoms with Crippen LogP contribution in [0.5, 0.6) is 5.88 Å². The standard InChI is InChI=1S/C18H14Cl2FN3O/c1-10(15-12(19)7-8-13(21)16(15)20)25-18-17(22)23-9-14(24-18)11-5-3-2-4-6-11/h2-10H,1H3,(H2,22,23)/t10-/m1/s1. The molecule has 0 bridgehead atoms. The van der Waals surface area contributed by atoms with Crippen molar-refractivity contribution in [2.24, 2.45) is 0 Å². The highest BCUT2D eigenvalue weighted by molar-refractivity contribution is 6.36. The van der Waals surface area contributed by atoms with Crippen molar-refractivity contribution < 1.29 is 9.13 Å². The fourth-order valence-corrected chi connectivity index (χ4v) is 3.04. The van der Waals surface area contributed by atoms with E-state index >= 15 is 0 Å². The van der Waals surface area contributed by atoms with E-state index in [1.165, 1.54) is 12.1 Å². The molecule has 0 radical (unpaired) electrons. The van der Waals surface area contributed by atoms with Gasteiger partial charge in [-0.3, -0.25) is 0 Å². The van der Waals surface area contributed by atoms with E-state index in [4.69, 9.17) is 33.7 Å². The summed E-state index contributed by atoms with van der Waals surface area (Å²) in [6, 6.07) is 12.1. The van der Waals surface area contributed by atoms with Gasteiger partial charge in [0.2, 0.25) is 0 Å². The summed E-state index contributed by atoms with van der Waals surface area (Å²) in [4.78, 5) is 8.51. The zero-order valence-electron chi connectivity index (χ0n) is 13.2. The number of nitrogen functional groups attached to an aromatic ring is 1. The van der Waals surface area contributed by atoms with Crippen LogP contribution in [0, 0.1) is 5.82 Å². The van der Waals surface area contributed by atoms with Gasteiger partial charge in [0.25, 0.3) is 5.88 Å². The minimum atomic E-state index is -0.668. The Labute approximate surface area is 154 Å². The quantitative estimate of drug-likeness (QED) is 0.625. The molecule has 4 nitrogen and oxygen atoms in total. The Morgan fingerprint density at radius 1 is 1.12 bits per heavy atom. The molecule has 2 aromatic carbocycles. The summed E-state index contributed by atoms with van der Waals surface area (Å²) < 4.78 is 19.5. The van der Waals surface area contributed by atoms with Crippen LogP contribution in [0.25, 0.3) is 11.3 Å². The van der Waals surface area contributed by atoms with Gasteiger partial charge in [0, 0.05) is 16.1 Å². The maximum atomic E-state index is 13.7. The normalized spacial score (nSPS) is 12.0. The molecule has 0 saturated carbocycles. The molecule has 0 fully saturated rings. The fraction of sp³-hybridized carbons (Fsp3) is 0.111. The number of aromatic nitrogens is 2. The maximum Gasteiger partial charge on any atom is 0.258 e. The van der Waals surface area contributed by atoms with Gasteiger partial charge >= 0.3 is 0 Å². The van der Waals surface area contributed by atoms with E-state index in [2.05, 4.69) is 9.97 Å². The molecule has 0 saturated heterocycles. The number of nitrogens with two attached hydrogens (primary N) is 1. The van der Waals surface area contributed by atoms with Crippen molar-refractivity contribution in [2.75, 3.05) is 5.73 Å². The lowest BCUT2D eigenvalue weighted by atomic mass is 10.1. The minimum Gasteiger partial charge on any atom is -0.467 e. The highest BCUT2D eigenvalue weighted by Gasteiger charge is 2.20. The van der Waals surface area contributed by atoms with Gasteiger partial charge in [-0.2, -0.15) is 0 Å². The first-order valence-corrected chi connectivity index (χ1v) is 8.21. The molecule has 0 amide bonds. The Hall–Kier alpha value is -2.37.